The highest BCUT2D eigenvalue weighted by Crippen LogP contribution is 2.32. The van der Waals surface area contributed by atoms with E-state index in [1.54, 1.807) is 18.2 Å². The molecule has 1 aromatic heterocycles. The van der Waals surface area contributed by atoms with Gasteiger partial charge in [-0.1, -0.05) is 6.07 Å². The Kier molecular flexibility index (Phi) is 2.52. The van der Waals surface area contributed by atoms with Crippen LogP contribution in [0.2, 0.25) is 0 Å². The molecule has 0 aliphatic carbocycles. The van der Waals surface area contributed by atoms with Crippen molar-refractivity contribution >= 4 is 30.6 Å². The van der Waals surface area contributed by atoms with E-state index >= 15 is 0 Å². The van der Waals surface area contributed by atoms with Gasteiger partial charge in [0, 0.05) is 16.1 Å². The molecule has 2 aromatic rings. The van der Waals surface area contributed by atoms with Gasteiger partial charge >= 0.3 is 0 Å². The predicted molar refractivity (Wildman–Crippen MR) is 61.2 cm³/mol. The Morgan fingerprint density at radius 2 is 2.06 bits per heavy atom. The smallest absolute Gasteiger partial charge is 0.266 e. The van der Waals surface area contributed by atoms with Crippen LogP contribution in [-0.2, 0) is 9.05 Å². The molecule has 1 heterocycles. The molecule has 2 rings (SSSR count). The highest BCUT2D eigenvalue weighted by Gasteiger charge is 2.18. The molecule has 0 atom stereocenters. The summed E-state index contributed by atoms with van der Waals surface area (Å²) in [5.74, 6) is -0.361. The van der Waals surface area contributed by atoms with Crippen molar-refractivity contribution in [3.05, 3.63) is 30.0 Å². The summed E-state index contributed by atoms with van der Waals surface area (Å²) in [6, 6.07) is 5.12. The van der Waals surface area contributed by atoms with Crippen LogP contribution in [0.4, 0.5) is 0 Å². The summed E-state index contributed by atoms with van der Waals surface area (Å²) in [5.41, 5.74) is 1.50. The van der Waals surface area contributed by atoms with Gasteiger partial charge in [0.15, 0.2) is 0 Å². The first-order valence-electron chi connectivity index (χ1n) is 4.42. The number of aryl methyl sites for hydroxylation is 1. The van der Waals surface area contributed by atoms with Crippen LogP contribution in [0.3, 0.4) is 0 Å². The quantitative estimate of drug-likeness (QED) is 0.795. The van der Waals surface area contributed by atoms with Gasteiger partial charge in [0.05, 0.1) is 11.7 Å². The third-order valence-electron chi connectivity index (χ3n) is 2.23. The monoisotopic (exact) mass is 257 g/mol. The maximum atomic E-state index is 11.1. The van der Waals surface area contributed by atoms with Gasteiger partial charge in [0.1, 0.15) is 10.6 Å². The van der Waals surface area contributed by atoms with Crippen molar-refractivity contribution in [2.45, 2.75) is 11.8 Å². The van der Waals surface area contributed by atoms with E-state index in [2.05, 4.69) is 4.98 Å². The van der Waals surface area contributed by atoms with Crippen molar-refractivity contribution in [3.63, 3.8) is 0 Å². The minimum absolute atomic E-state index is 0.361. The van der Waals surface area contributed by atoms with E-state index in [1.807, 2.05) is 6.92 Å². The van der Waals surface area contributed by atoms with Crippen LogP contribution < -0.4 is 0 Å². The molecule has 0 spiro atoms. The minimum atomic E-state index is -3.98. The SMILES string of the molecule is Cc1ccc2c(O)c(S(=O)(=O)Cl)cnc2c1. The van der Waals surface area contributed by atoms with Crippen LogP contribution in [0.25, 0.3) is 10.9 Å². The summed E-state index contributed by atoms with van der Waals surface area (Å²) in [4.78, 5) is 3.58. The number of nitrogens with zero attached hydrogens (tertiary/aromatic N) is 1. The molecule has 0 saturated heterocycles. The molecular formula is C10H8ClNO3S. The van der Waals surface area contributed by atoms with Crippen LogP contribution in [0.1, 0.15) is 5.56 Å². The third-order valence-corrected chi connectivity index (χ3v) is 3.55. The molecule has 84 valence electrons. The number of hydrogen-bond donors (Lipinski definition) is 1. The second-order valence-corrected chi connectivity index (χ2v) is 5.96. The number of rotatable bonds is 1. The molecule has 0 unspecified atom stereocenters. The van der Waals surface area contributed by atoms with Gasteiger partial charge in [-0.3, -0.25) is 4.98 Å². The largest absolute Gasteiger partial charge is 0.506 e. The first kappa shape index (κ1) is 11.2. The van der Waals surface area contributed by atoms with Crippen LogP contribution in [-0.4, -0.2) is 18.5 Å². The van der Waals surface area contributed by atoms with Crippen molar-refractivity contribution in [1.82, 2.24) is 4.98 Å². The minimum Gasteiger partial charge on any atom is -0.506 e. The van der Waals surface area contributed by atoms with Crippen LogP contribution >= 0.6 is 10.7 Å². The molecule has 0 radical (unpaired) electrons. The molecule has 0 saturated carbocycles. The normalized spacial score (nSPS) is 11.9. The Bertz CT molecular complexity index is 667. The summed E-state index contributed by atoms with van der Waals surface area (Å²) in [7, 11) is 1.19. The van der Waals surface area contributed by atoms with Crippen molar-refractivity contribution in [1.29, 1.82) is 0 Å². The van der Waals surface area contributed by atoms with Crippen molar-refractivity contribution in [3.8, 4) is 5.75 Å². The molecule has 0 amide bonds. The molecule has 1 N–H and O–H groups in total. The van der Waals surface area contributed by atoms with E-state index in [9.17, 15) is 13.5 Å². The molecular weight excluding hydrogens is 250 g/mol. The maximum Gasteiger partial charge on any atom is 0.266 e. The average molecular weight is 258 g/mol. The number of aromatic hydroxyl groups is 1. The van der Waals surface area contributed by atoms with Gasteiger partial charge in [-0.25, -0.2) is 8.42 Å². The summed E-state index contributed by atoms with van der Waals surface area (Å²) in [5, 5.41) is 10.1. The molecule has 16 heavy (non-hydrogen) atoms. The number of hydrogen-bond acceptors (Lipinski definition) is 4. The number of benzene rings is 1. The maximum absolute atomic E-state index is 11.1. The Morgan fingerprint density at radius 3 is 2.69 bits per heavy atom. The van der Waals surface area contributed by atoms with Gasteiger partial charge in [-0.2, -0.15) is 0 Å². The Balaban J connectivity index is 2.86. The van der Waals surface area contributed by atoms with Crippen molar-refractivity contribution < 1.29 is 13.5 Å². The highest BCUT2D eigenvalue weighted by molar-refractivity contribution is 8.13. The first-order valence-corrected chi connectivity index (χ1v) is 6.73. The van der Waals surface area contributed by atoms with Gasteiger partial charge in [-0.15, -0.1) is 0 Å². The van der Waals surface area contributed by atoms with Gasteiger partial charge in [-0.05, 0) is 24.6 Å². The summed E-state index contributed by atoms with van der Waals surface area (Å²) in [6.07, 6.45) is 1.06. The molecule has 4 nitrogen and oxygen atoms in total. The van der Waals surface area contributed by atoms with Crippen LogP contribution in [0, 0.1) is 6.92 Å². The topological polar surface area (TPSA) is 67.3 Å². The van der Waals surface area contributed by atoms with Crippen molar-refractivity contribution in [2.24, 2.45) is 0 Å². The van der Waals surface area contributed by atoms with E-state index < -0.39 is 9.05 Å². The lowest BCUT2D eigenvalue weighted by Crippen LogP contribution is -1.94. The number of fused-ring (bicyclic) bond motifs is 1. The van der Waals surface area contributed by atoms with Crippen LogP contribution in [0.5, 0.6) is 5.75 Å². The fourth-order valence-corrected chi connectivity index (χ4v) is 2.31. The predicted octanol–water partition coefficient (Wildman–Crippen LogP) is 2.18. The lowest BCUT2D eigenvalue weighted by atomic mass is 10.1. The Morgan fingerprint density at radius 1 is 1.38 bits per heavy atom. The zero-order valence-corrected chi connectivity index (χ0v) is 9.88. The summed E-state index contributed by atoms with van der Waals surface area (Å²) < 4.78 is 22.3. The molecule has 1 aromatic carbocycles. The number of halogens is 1. The second-order valence-electron chi connectivity index (χ2n) is 3.43. The molecule has 0 aliphatic heterocycles. The number of aromatic nitrogens is 1. The lowest BCUT2D eigenvalue weighted by molar-refractivity contribution is 0.465. The second kappa shape index (κ2) is 3.61. The fourth-order valence-electron chi connectivity index (χ4n) is 1.45. The van der Waals surface area contributed by atoms with E-state index in [4.69, 9.17) is 10.7 Å². The van der Waals surface area contributed by atoms with Crippen molar-refractivity contribution in [2.75, 3.05) is 0 Å². The van der Waals surface area contributed by atoms with E-state index in [0.29, 0.717) is 10.9 Å². The molecule has 0 bridgehead atoms. The molecule has 6 heteroatoms. The zero-order valence-electron chi connectivity index (χ0n) is 8.31. The van der Waals surface area contributed by atoms with E-state index in [1.165, 1.54) is 0 Å². The number of pyridine rings is 1. The van der Waals surface area contributed by atoms with Gasteiger partial charge in [0.2, 0.25) is 0 Å². The summed E-state index contributed by atoms with van der Waals surface area (Å²) >= 11 is 0. The van der Waals surface area contributed by atoms with Gasteiger partial charge < -0.3 is 5.11 Å². The average Bonchev–Trinajstić information content (AvgIpc) is 2.15. The first-order chi connectivity index (χ1) is 7.39. The van der Waals surface area contributed by atoms with E-state index in [-0.39, 0.29) is 10.6 Å². The fraction of sp³-hybridized carbons (Fsp3) is 0.100. The van der Waals surface area contributed by atoms with Crippen LogP contribution in [0.15, 0.2) is 29.3 Å². The Labute approximate surface area is 96.9 Å². The highest BCUT2D eigenvalue weighted by atomic mass is 35.7. The Hall–Kier alpha value is -1.33. The molecule has 0 aliphatic rings. The van der Waals surface area contributed by atoms with E-state index in [0.717, 1.165) is 11.8 Å². The zero-order chi connectivity index (χ0) is 11.9. The summed E-state index contributed by atoms with van der Waals surface area (Å²) in [6.45, 7) is 1.88. The van der Waals surface area contributed by atoms with Gasteiger partial charge in [0.25, 0.3) is 9.05 Å². The third kappa shape index (κ3) is 1.83. The lowest BCUT2D eigenvalue weighted by Gasteiger charge is -2.04. The standard InChI is InChI=1S/C10H8ClNO3S/c1-6-2-3-7-8(4-6)12-5-9(10(7)13)16(11,14)15/h2-5H,1H3,(H,12,13). The molecule has 0 fully saturated rings.